The summed E-state index contributed by atoms with van der Waals surface area (Å²) in [7, 11) is -3.08. The topological polar surface area (TPSA) is 130 Å². The van der Waals surface area contributed by atoms with Crippen LogP contribution in [0.25, 0.3) is 16.9 Å². The number of alkyl halides is 3. The van der Waals surface area contributed by atoms with E-state index in [0.29, 0.717) is 6.26 Å². The summed E-state index contributed by atoms with van der Waals surface area (Å²) in [4.78, 5) is 17.2. The fraction of sp³-hybridized carbons (Fsp3) is 0.238. The Morgan fingerprint density at radius 3 is 2.73 bits per heavy atom. The highest BCUT2D eigenvalue weighted by atomic mass is 35.5. The Labute approximate surface area is 212 Å². The number of methoxy groups -OCH3 is 1. The van der Waals surface area contributed by atoms with Gasteiger partial charge in [0.1, 0.15) is 17.0 Å². The Morgan fingerprint density at radius 1 is 1.30 bits per heavy atom. The van der Waals surface area contributed by atoms with Crippen molar-refractivity contribution in [2.24, 2.45) is 0 Å². The van der Waals surface area contributed by atoms with Gasteiger partial charge < -0.3 is 10.1 Å². The molecule has 0 saturated heterocycles. The maximum absolute atomic E-state index is 13.5. The van der Waals surface area contributed by atoms with E-state index < -0.39 is 34.9 Å². The minimum atomic E-state index is -5.03. The van der Waals surface area contributed by atoms with Crippen molar-refractivity contribution < 1.29 is 35.3 Å². The molecule has 37 heavy (non-hydrogen) atoms. The summed E-state index contributed by atoms with van der Waals surface area (Å²) in [5.41, 5.74) is 0.590. The van der Waals surface area contributed by atoms with Gasteiger partial charge >= 0.3 is 6.18 Å². The van der Waals surface area contributed by atoms with Crippen LogP contribution in [-0.4, -0.2) is 64.3 Å². The first-order valence-electron chi connectivity index (χ1n) is 10.3. The van der Waals surface area contributed by atoms with Gasteiger partial charge in [0.05, 0.1) is 31.8 Å². The molecule has 1 aromatic carbocycles. The molecular weight excluding hydrogens is 541 g/mol. The lowest BCUT2D eigenvalue weighted by Gasteiger charge is -2.19. The van der Waals surface area contributed by atoms with Gasteiger partial charge in [-0.25, -0.2) is 9.50 Å². The highest BCUT2D eigenvalue weighted by molar-refractivity contribution is 7.86. The largest absolute Gasteiger partial charge is 0.496 e. The molecule has 0 aliphatic heterocycles. The lowest BCUT2D eigenvalue weighted by atomic mass is 10.1. The monoisotopic (exact) mass is 558 g/mol. The van der Waals surface area contributed by atoms with Crippen LogP contribution in [0.2, 0.25) is 5.02 Å². The fourth-order valence-corrected chi connectivity index (χ4v) is 4.18. The average Bonchev–Trinajstić information content (AvgIpc) is 3.41. The van der Waals surface area contributed by atoms with Crippen LogP contribution in [-0.2, 0) is 20.8 Å². The van der Waals surface area contributed by atoms with Crippen molar-refractivity contribution in [2.45, 2.75) is 18.8 Å². The summed E-state index contributed by atoms with van der Waals surface area (Å²) >= 11 is 6.12. The normalized spacial score (nSPS) is 13.0. The number of halogens is 4. The molecular formula is C21H18ClF3N6O5S. The first kappa shape index (κ1) is 26.4. The number of nitrogens with zero attached hydrogens (tertiary/aromatic N) is 5. The second kappa shape index (κ2) is 9.99. The molecule has 196 valence electrons. The lowest BCUT2D eigenvalue weighted by Crippen LogP contribution is -2.37. The molecule has 0 spiro atoms. The number of anilines is 1. The zero-order valence-corrected chi connectivity index (χ0v) is 20.7. The van der Waals surface area contributed by atoms with Gasteiger partial charge in [0.15, 0.2) is 11.8 Å². The Bertz CT molecular complexity index is 1570. The molecule has 0 fully saturated rings. The number of ether oxygens (including phenoxy) is 1. The van der Waals surface area contributed by atoms with E-state index in [2.05, 4.69) is 24.7 Å². The predicted octanol–water partition coefficient (Wildman–Crippen LogP) is 3.41. The smallest absolute Gasteiger partial charge is 0.417 e. The van der Waals surface area contributed by atoms with Crippen molar-refractivity contribution in [2.75, 3.05) is 18.7 Å². The fourth-order valence-electron chi connectivity index (χ4n) is 3.42. The second-order valence-corrected chi connectivity index (χ2v) is 9.73. The van der Waals surface area contributed by atoms with Crippen molar-refractivity contribution in [3.63, 3.8) is 0 Å². The number of aromatic nitrogens is 5. The third kappa shape index (κ3) is 6.00. The van der Waals surface area contributed by atoms with Crippen LogP contribution in [0.15, 0.2) is 49.1 Å². The van der Waals surface area contributed by atoms with E-state index >= 15 is 0 Å². The van der Waals surface area contributed by atoms with Gasteiger partial charge in [-0.15, -0.1) is 0 Å². The minimum Gasteiger partial charge on any atom is -0.496 e. The lowest BCUT2D eigenvalue weighted by molar-refractivity contribution is -0.198. The van der Waals surface area contributed by atoms with Crippen LogP contribution in [0.5, 0.6) is 5.75 Å². The molecule has 0 aliphatic carbocycles. The average molecular weight is 559 g/mol. The number of fused-ring (bicyclic) bond motifs is 1. The van der Waals surface area contributed by atoms with E-state index in [1.807, 2.05) is 0 Å². The Hall–Kier alpha value is -3.69. The molecule has 4 rings (SSSR count). The van der Waals surface area contributed by atoms with E-state index in [1.165, 1.54) is 42.2 Å². The summed E-state index contributed by atoms with van der Waals surface area (Å²) in [6.45, 7) is -1.03. The number of nitrogens with one attached hydrogen (secondary N) is 1. The molecule has 0 unspecified atom stereocenters. The van der Waals surface area contributed by atoms with Crippen molar-refractivity contribution in [3.8, 4) is 17.0 Å². The number of hydrogen-bond donors (Lipinski definition) is 1. The van der Waals surface area contributed by atoms with E-state index in [4.69, 9.17) is 16.3 Å². The highest BCUT2D eigenvalue weighted by Crippen LogP contribution is 2.37. The third-order valence-electron chi connectivity index (χ3n) is 4.96. The zero-order valence-electron chi connectivity index (χ0n) is 19.1. The number of carbonyl (C=O) groups excluding carboxylic acids is 1. The van der Waals surface area contributed by atoms with Crippen LogP contribution in [0.3, 0.4) is 0 Å². The molecule has 3 heterocycles. The first-order chi connectivity index (χ1) is 17.4. The molecule has 3 aromatic heterocycles. The number of benzene rings is 1. The molecule has 1 atom stereocenters. The number of amides is 1. The minimum absolute atomic E-state index is 0.0115. The zero-order chi connectivity index (χ0) is 27.0. The van der Waals surface area contributed by atoms with Gasteiger partial charge in [-0.1, -0.05) is 11.6 Å². The van der Waals surface area contributed by atoms with Crippen molar-refractivity contribution in [1.82, 2.24) is 24.4 Å². The molecule has 0 saturated carbocycles. The molecule has 0 aliphatic rings. The summed E-state index contributed by atoms with van der Waals surface area (Å²) < 4.78 is 75.2. The Kier molecular flexibility index (Phi) is 7.12. The van der Waals surface area contributed by atoms with Crippen LogP contribution in [0.4, 0.5) is 18.9 Å². The van der Waals surface area contributed by atoms with Crippen molar-refractivity contribution >= 4 is 39.0 Å². The second-order valence-electron chi connectivity index (χ2n) is 7.69. The molecule has 1 N–H and O–H groups in total. The number of rotatable bonds is 8. The maximum Gasteiger partial charge on any atom is 0.417 e. The SMILES string of the molecule is COc1ccc(Cl)cc1-c1nn(C[C@@H](OS(C)(=O)=O)C(F)(F)F)cc1NC(=O)c1cnn2cccnc12. The summed E-state index contributed by atoms with van der Waals surface area (Å²) in [5.74, 6) is -0.405. The van der Waals surface area contributed by atoms with E-state index in [9.17, 15) is 26.4 Å². The maximum atomic E-state index is 13.5. The van der Waals surface area contributed by atoms with E-state index in [1.54, 1.807) is 12.3 Å². The summed E-state index contributed by atoms with van der Waals surface area (Å²) in [5, 5.41) is 11.1. The van der Waals surface area contributed by atoms with Gasteiger partial charge in [-0.3, -0.25) is 13.7 Å². The van der Waals surface area contributed by atoms with Crippen LogP contribution >= 0.6 is 11.6 Å². The first-order valence-corrected chi connectivity index (χ1v) is 12.5. The molecule has 11 nitrogen and oxygen atoms in total. The van der Waals surface area contributed by atoms with Crippen molar-refractivity contribution in [3.05, 3.63) is 59.6 Å². The predicted molar refractivity (Wildman–Crippen MR) is 126 cm³/mol. The molecule has 0 bridgehead atoms. The molecule has 4 aromatic rings. The third-order valence-corrected chi connectivity index (χ3v) is 5.78. The highest BCUT2D eigenvalue weighted by Gasteiger charge is 2.43. The Morgan fingerprint density at radius 2 is 2.05 bits per heavy atom. The quantitative estimate of drug-likeness (QED) is 0.326. The van der Waals surface area contributed by atoms with Crippen LogP contribution in [0.1, 0.15) is 10.4 Å². The number of hydrogen-bond acceptors (Lipinski definition) is 8. The van der Waals surface area contributed by atoms with Crippen LogP contribution < -0.4 is 10.1 Å². The van der Waals surface area contributed by atoms with E-state index in [-0.39, 0.29) is 38.9 Å². The molecule has 0 radical (unpaired) electrons. The van der Waals surface area contributed by atoms with Gasteiger partial charge in [0.2, 0.25) is 0 Å². The number of carbonyl (C=O) groups is 1. The van der Waals surface area contributed by atoms with E-state index in [0.717, 1.165) is 10.9 Å². The van der Waals surface area contributed by atoms with Crippen molar-refractivity contribution in [1.29, 1.82) is 0 Å². The molecule has 16 heteroatoms. The van der Waals surface area contributed by atoms with Gasteiger partial charge in [0, 0.05) is 29.2 Å². The summed E-state index contributed by atoms with van der Waals surface area (Å²) in [6.07, 6.45) is -1.82. The Balaban J connectivity index is 1.77. The van der Waals surface area contributed by atoms with Gasteiger partial charge in [-0.2, -0.15) is 31.8 Å². The summed E-state index contributed by atoms with van der Waals surface area (Å²) in [6, 6.07) is 6.12. The standard InChI is InChI=1S/C21H18ClF3N6O5S/c1-35-16-5-4-12(22)8-13(16)18-15(28-20(32)14-9-27-31-7-3-6-26-19(14)31)10-30(29-18)11-17(21(23,24)25)36-37(2,33)34/h3-10,17H,11H2,1-2H3,(H,28,32)/t17-/m1/s1. The van der Waals surface area contributed by atoms with Crippen LogP contribution in [0, 0.1) is 0 Å². The van der Waals surface area contributed by atoms with Gasteiger partial charge in [0.25, 0.3) is 16.0 Å². The molecule has 1 amide bonds. The van der Waals surface area contributed by atoms with Gasteiger partial charge in [-0.05, 0) is 24.3 Å².